The van der Waals surface area contributed by atoms with Gasteiger partial charge < -0.3 is 15.5 Å². The molecule has 2 heterocycles. The molecular weight excluding hydrogens is 524 g/mol. The van der Waals surface area contributed by atoms with Gasteiger partial charge in [-0.05, 0) is 67.6 Å². The van der Waals surface area contributed by atoms with Crippen LogP contribution in [0.15, 0.2) is 65.5 Å². The summed E-state index contributed by atoms with van der Waals surface area (Å²) in [6, 6.07) is 14.4. The minimum absolute atomic E-state index is 0.108. The summed E-state index contributed by atoms with van der Waals surface area (Å²) < 4.78 is 29.9. The lowest BCUT2D eigenvalue weighted by molar-refractivity contribution is 0.0822. The lowest BCUT2D eigenvalue weighted by atomic mass is 10.1. The van der Waals surface area contributed by atoms with Crippen LogP contribution in [0.2, 0.25) is 0 Å². The van der Waals surface area contributed by atoms with Crippen molar-refractivity contribution in [3.63, 3.8) is 0 Å². The van der Waals surface area contributed by atoms with Crippen LogP contribution >= 0.6 is 11.3 Å². The fraction of sp³-hybridized carbons (Fsp3) is 0.214. The highest BCUT2D eigenvalue weighted by molar-refractivity contribution is 7.15. The Hall–Kier alpha value is -4.22. The van der Waals surface area contributed by atoms with Crippen LogP contribution in [0.3, 0.4) is 0 Å². The maximum absolute atomic E-state index is 15.2. The third-order valence-electron chi connectivity index (χ3n) is 5.98. The molecule has 4 aromatic rings. The van der Waals surface area contributed by atoms with Crippen LogP contribution in [-0.4, -0.2) is 47.6 Å². The third-order valence-corrected chi connectivity index (χ3v) is 7.28. The number of aromatic nitrogens is 2. The molecule has 0 radical (unpaired) electrons. The molecule has 2 aromatic carbocycles. The Bertz CT molecular complexity index is 1600. The Morgan fingerprint density at radius 3 is 2.56 bits per heavy atom. The minimum Gasteiger partial charge on any atom is -0.345 e. The smallest absolute Gasteiger partial charge is 0.272 e. The van der Waals surface area contributed by atoms with Crippen molar-refractivity contribution in [1.29, 1.82) is 0 Å². The summed E-state index contributed by atoms with van der Waals surface area (Å²) in [4.78, 5) is 40.8. The van der Waals surface area contributed by atoms with Gasteiger partial charge in [-0.3, -0.25) is 14.4 Å². The Balaban J connectivity index is 1.58. The average molecular weight is 552 g/mol. The van der Waals surface area contributed by atoms with E-state index < -0.39 is 29.2 Å². The number of nitrogens with zero attached hydrogens (tertiary/aromatic N) is 3. The normalized spacial score (nSPS) is 11.7. The van der Waals surface area contributed by atoms with Crippen LogP contribution in [0.5, 0.6) is 0 Å². The molecule has 39 heavy (non-hydrogen) atoms. The van der Waals surface area contributed by atoms with Crippen LogP contribution in [0.25, 0.3) is 16.1 Å². The number of thiophene rings is 1. The predicted octanol–water partition coefficient (Wildman–Crippen LogP) is 4.15. The molecule has 0 aliphatic carbocycles. The van der Waals surface area contributed by atoms with Crippen LogP contribution in [-0.2, 0) is 6.54 Å². The maximum atomic E-state index is 15.2. The number of benzene rings is 2. The standard InChI is InChI=1S/C28H27F2N5O3S/c1-16(23-11-12-24(39-23)20-14-18(29)9-8-17(20)15-31-2)32-27(37)21-10-13-25(36)35(33-21)22-7-5-6-19(26(22)30)28(38)34(3)4/h5-14,16,31H,15H2,1-4H3,(H,32,37). The van der Waals surface area contributed by atoms with E-state index in [9.17, 15) is 18.8 Å². The van der Waals surface area contributed by atoms with Gasteiger partial charge >= 0.3 is 0 Å². The van der Waals surface area contributed by atoms with Crippen molar-refractivity contribution < 1.29 is 18.4 Å². The summed E-state index contributed by atoms with van der Waals surface area (Å²) in [6.07, 6.45) is 0. The number of carbonyl (C=O) groups excluding carboxylic acids is 2. The highest BCUT2D eigenvalue weighted by atomic mass is 32.1. The van der Waals surface area contributed by atoms with Crippen LogP contribution in [0, 0.1) is 11.6 Å². The molecule has 1 atom stereocenters. The first-order valence-corrected chi connectivity index (χ1v) is 12.9. The summed E-state index contributed by atoms with van der Waals surface area (Å²) >= 11 is 1.42. The van der Waals surface area contributed by atoms with Crippen LogP contribution in [0.1, 0.15) is 44.3 Å². The van der Waals surface area contributed by atoms with E-state index in [-0.39, 0.29) is 22.8 Å². The summed E-state index contributed by atoms with van der Waals surface area (Å²) in [5.74, 6) is -2.40. The Morgan fingerprint density at radius 1 is 1.08 bits per heavy atom. The van der Waals surface area contributed by atoms with Crippen LogP contribution in [0.4, 0.5) is 8.78 Å². The van der Waals surface area contributed by atoms with Gasteiger partial charge in [0.1, 0.15) is 17.2 Å². The van der Waals surface area contributed by atoms with E-state index in [1.165, 1.54) is 66.7 Å². The molecule has 4 rings (SSSR count). The van der Waals surface area contributed by atoms with Gasteiger partial charge in [0.2, 0.25) is 0 Å². The van der Waals surface area contributed by atoms with Crippen molar-refractivity contribution in [2.45, 2.75) is 19.5 Å². The summed E-state index contributed by atoms with van der Waals surface area (Å²) in [7, 11) is 4.79. The number of hydrogen-bond donors (Lipinski definition) is 2. The van der Waals surface area contributed by atoms with Gasteiger partial charge in [0, 0.05) is 36.5 Å². The van der Waals surface area contributed by atoms with Gasteiger partial charge in [0.05, 0.1) is 11.6 Å². The topological polar surface area (TPSA) is 96.3 Å². The lowest BCUT2D eigenvalue weighted by Gasteiger charge is -2.15. The van der Waals surface area contributed by atoms with Crippen LogP contribution < -0.4 is 16.2 Å². The van der Waals surface area contributed by atoms with E-state index >= 15 is 4.39 Å². The van der Waals surface area contributed by atoms with Gasteiger partial charge in [0.25, 0.3) is 17.4 Å². The second-order valence-electron chi connectivity index (χ2n) is 9.04. The van der Waals surface area contributed by atoms with Crippen molar-refractivity contribution in [2.75, 3.05) is 21.1 Å². The Morgan fingerprint density at radius 2 is 1.85 bits per heavy atom. The molecule has 1 unspecified atom stereocenters. The predicted molar refractivity (Wildman–Crippen MR) is 146 cm³/mol. The quantitative estimate of drug-likeness (QED) is 0.343. The highest BCUT2D eigenvalue weighted by Crippen LogP contribution is 2.34. The van der Waals surface area contributed by atoms with E-state index in [4.69, 9.17) is 0 Å². The monoisotopic (exact) mass is 551 g/mol. The van der Waals surface area contributed by atoms with Gasteiger partial charge in [-0.25, -0.2) is 8.78 Å². The highest BCUT2D eigenvalue weighted by Gasteiger charge is 2.21. The molecule has 0 bridgehead atoms. The van der Waals surface area contributed by atoms with Crippen molar-refractivity contribution in [3.05, 3.63) is 104 Å². The van der Waals surface area contributed by atoms with Crippen molar-refractivity contribution in [1.82, 2.24) is 25.3 Å². The molecule has 202 valence electrons. The Labute approximate surface area is 227 Å². The fourth-order valence-electron chi connectivity index (χ4n) is 3.99. The second kappa shape index (κ2) is 11.7. The van der Waals surface area contributed by atoms with Gasteiger partial charge in [-0.2, -0.15) is 9.78 Å². The van der Waals surface area contributed by atoms with Crippen molar-refractivity contribution >= 4 is 23.2 Å². The molecule has 0 spiro atoms. The van der Waals surface area contributed by atoms with E-state index in [0.29, 0.717) is 6.54 Å². The van der Waals surface area contributed by atoms with E-state index in [1.54, 1.807) is 13.0 Å². The number of nitrogens with one attached hydrogen (secondary N) is 2. The summed E-state index contributed by atoms with van der Waals surface area (Å²) in [5.41, 5.74) is 0.473. The molecule has 0 aliphatic rings. The van der Waals surface area contributed by atoms with E-state index in [0.717, 1.165) is 31.6 Å². The largest absolute Gasteiger partial charge is 0.345 e. The number of carbonyl (C=O) groups is 2. The zero-order valence-electron chi connectivity index (χ0n) is 21.8. The fourth-order valence-corrected chi connectivity index (χ4v) is 5.05. The molecule has 0 saturated heterocycles. The zero-order valence-corrected chi connectivity index (χ0v) is 22.6. The molecule has 0 saturated carbocycles. The first-order chi connectivity index (χ1) is 18.6. The minimum atomic E-state index is -0.919. The van der Waals surface area contributed by atoms with E-state index in [2.05, 4.69) is 15.7 Å². The first kappa shape index (κ1) is 27.8. The number of rotatable bonds is 8. The summed E-state index contributed by atoms with van der Waals surface area (Å²) in [6.45, 7) is 2.36. The molecule has 2 aromatic heterocycles. The van der Waals surface area contributed by atoms with Crippen molar-refractivity contribution in [3.8, 4) is 16.1 Å². The maximum Gasteiger partial charge on any atom is 0.272 e. The molecule has 2 N–H and O–H groups in total. The third kappa shape index (κ3) is 5.94. The SMILES string of the molecule is CNCc1ccc(F)cc1-c1ccc(C(C)NC(=O)c2ccc(=O)n(-c3cccc(C(=O)N(C)C)c3F)n2)s1. The molecular formula is C28H27F2N5O3S. The lowest BCUT2D eigenvalue weighted by Crippen LogP contribution is -2.31. The number of amides is 2. The van der Waals surface area contributed by atoms with E-state index in [1.807, 2.05) is 19.2 Å². The summed E-state index contributed by atoms with van der Waals surface area (Å²) in [5, 5.41) is 9.99. The molecule has 11 heteroatoms. The molecule has 0 fully saturated rings. The number of halogens is 2. The first-order valence-electron chi connectivity index (χ1n) is 12.1. The second-order valence-corrected chi connectivity index (χ2v) is 10.2. The van der Waals surface area contributed by atoms with Crippen molar-refractivity contribution in [2.24, 2.45) is 0 Å². The van der Waals surface area contributed by atoms with Gasteiger partial charge in [-0.15, -0.1) is 11.3 Å². The molecule has 2 amide bonds. The average Bonchev–Trinajstić information content (AvgIpc) is 3.40. The Kier molecular flexibility index (Phi) is 8.32. The zero-order chi connectivity index (χ0) is 28.3. The number of hydrogen-bond acceptors (Lipinski definition) is 6. The van der Waals surface area contributed by atoms with Gasteiger partial charge in [0.15, 0.2) is 5.82 Å². The molecule has 0 aliphatic heterocycles. The molecule has 8 nitrogen and oxygen atoms in total. The van der Waals surface area contributed by atoms with Gasteiger partial charge in [-0.1, -0.05) is 12.1 Å².